The van der Waals surface area contributed by atoms with Gasteiger partial charge in [0.05, 0.1) is 12.0 Å². The molecule has 1 aromatic rings. The summed E-state index contributed by atoms with van der Waals surface area (Å²) in [4.78, 5) is 0. The van der Waals surface area contributed by atoms with Gasteiger partial charge in [-0.1, -0.05) is 0 Å². The quantitative estimate of drug-likeness (QED) is 0.603. The van der Waals surface area contributed by atoms with Crippen molar-refractivity contribution >= 4 is 11.6 Å². The molecule has 0 amide bonds. The highest BCUT2D eigenvalue weighted by atomic mass is 35.5. The van der Waals surface area contributed by atoms with Gasteiger partial charge < -0.3 is 19.7 Å². The van der Waals surface area contributed by atoms with E-state index in [1.54, 1.807) is 0 Å². The standard InChI is InChI=1S/C11H14ClFO4/c1-16-6-17-7-2-3-8(9(13)4-7)11(15)10(14)5-12/h2-4,10-11,14-15H,5-6H2,1H3. The minimum atomic E-state index is -1.36. The first-order valence-electron chi connectivity index (χ1n) is 4.93. The summed E-state index contributed by atoms with van der Waals surface area (Å²) >= 11 is 5.38. The number of aliphatic hydroxyl groups is 2. The molecular weight excluding hydrogens is 251 g/mol. The van der Waals surface area contributed by atoms with Crippen molar-refractivity contribution in [1.82, 2.24) is 0 Å². The van der Waals surface area contributed by atoms with Crippen molar-refractivity contribution in [1.29, 1.82) is 0 Å². The number of halogens is 2. The fourth-order valence-corrected chi connectivity index (χ4v) is 1.42. The molecule has 96 valence electrons. The van der Waals surface area contributed by atoms with Crippen LogP contribution in [0, 0.1) is 5.82 Å². The van der Waals surface area contributed by atoms with Gasteiger partial charge in [-0.15, -0.1) is 11.6 Å². The molecule has 0 aliphatic carbocycles. The summed E-state index contributed by atoms with van der Waals surface area (Å²) in [6.07, 6.45) is -2.57. The first-order valence-corrected chi connectivity index (χ1v) is 5.47. The maximum absolute atomic E-state index is 13.6. The molecule has 1 aromatic carbocycles. The largest absolute Gasteiger partial charge is 0.467 e. The van der Waals surface area contributed by atoms with Gasteiger partial charge in [-0.25, -0.2) is 4.39 Å². The smallest absolute Gasteiger partial charge is 0.188 e. The van der Waals surface area contributed by atoms with Crippen LogP contribution in [0.25, 0.3) is 0 Å². The zero-order valence-corrected chi connectivity index (χ0v) is 10.0. The van der Waals surface area contributed by atoms with Gasteiger partial charge in [0.1, 0.15) is 17.7 Å². The van der Waals surface area contributed by atoms with E-state index < -0.39 is 18.0 Å². The summed E-state index contributed by atoms with van der Waals surface area (Å²) in [6, 6.07) is 3.92. The molecule has 1 rings (SSSR count). The van der Waals surface area contributed by atoms with Crippen LogP contribution in [0.5, 0.6) is 5.75 Å². The minimum absolute atomic E-state index is 0.00560. The van der Waals surface area contributed by atoms with E-state index in [0.717, 1.165) is 6.07 Å². The van der Waals surface area contributed by atoms with Crippen LogP contribution in [-0.4, -0.2) is 36.1 Å². The van der Waals surface area contributed by atoms with Crippen LogP contribution >= 0.6 is 11.6 Å². The molecule has 0 saturated heterocycles. The summed E-state index contributed by atoms with van der Waals surface area (Å²) < 4.78 is 23.3. The molecule has 0 radical (unpaired) electrons. The molecule has 0 aliphatic heterocycles. The number of aliphatic hydroxyl groups excluding tert-OH is 2. The Balaban J connectivity index is 2.82. The molecule has 0 aliphatic rings. The molecule has 0 spiro atoms. The van der Waals surface area contributed by atoms with E-state index in [9.17, 15) is 14.6 Å². The Morgan fingerprint density at radius 2 is 2.12 bits per heavy atom. The van der Waals surface area contributed by atoms with E-state index in [1.807, 2.05) is 0 Å². The zero-order chi connectivity index (χ0) is 12.8. The Hall–Kier alpha value is -0.880. The predicted octanol–water partition coefficient (Wildman–Crippen LogP) is 1.44. The molecule has 0 heterocycles. The van der Waals surface area contributed by atoms with Crippen LogP contribution in [0.3, 0.4) is 0 Å². The lowest BCUT2D eigenvalue weighted by atomic mass is 10.0. The summed E-state index contributed by atoms with van der Waals surface area (Å²) in [6.45, 7) is 0.00560. The maximum Gasteiger partial charge on any atom is 0.188 e. The lowest BCUT2D eigenvalue weighted by Gasteiger charge is -2.16. The van der Waals surface area contributed by atoms with Gasteiger partial charge in [-0.05, 0) is 12.1 Å². The third-order valence-corrected chi connectivity index (χ3v) is 2.47. The van der Waals surface area contributed by atoms with Crippen molar-refractivity contribution in [2.24, 2.45) is 0 Å². The van der Waals surface area contributed by atoms with Gasteiger partial charge >= 0.3 is 0 Å². The average molecular weight is 265 g/mol. The van der Waals surface area contributed by atoms with Gasteiger partial charge in [0.2, 0.25) is 0 Å². The van der Waals surface area contributed by atoms with E-state index >= 15 is 0 Å². The number of hydrogen-bond acceptors (Lipinski definition) is 4. The first kappa shape index (κ1) is 14.2. The topological polar surface area (TPSA) is 58.9 Å². The molecule has 0 aromatic heterocycles. The van der Waals surface area contributed by atoms with E-state index in [0.29, 0.717) is 0 Å². The molecule has 17 heavy (non-hydrogen) atoms. The molecule has 0 fully saturated rings. The molecule has 0 saturated carbocycles. The number of benzene rings is 1. The molecule has 2 N–H and O–H groups in total. The number of methoxy groups -OCH3 is 1. The third-order valence-electron chi connectivity index (χ3n) is 2.16. The Bertz CT molecular complexity index is 361. The minimum Gasteiger partial charge on any atom is -0.467 e. The second-order valence-electron chi connectivity index (χ2n) is 3.40. The van der Waals surface area contributed by atoms with Crippen LogP contribution in [0.15, 0.2) is 18.2 Å². The molecule has 2 unspecified atom stereocenters. The summed E-state index contributed by atoms with van der Waals surface area (Å²) in [5, 5.41) is 18.9. The van der Waals surface area contributed by atoms with Gasteiger partial charge in [0, 0.05) is 18.7 Å². The Morgan fingerprint density at radius 1 is 1.41 bits per heavy atom. The van der Waals surface area contributed by atoms with Crippen molar-refractivity contribution in [3.8, 4) is 5.75 Å². The van der Waals surface area contributed by atoms with Crippen LogP contribution in [-0.2, 0) is 4.74 Å². The molecule has 2 atom stereocenters. The Kier molecular flexibility index (Phi) is 5.64. The van der Waals surface area contributed by atoms with E-state index in [1.165, 1.54) is 19.2 Å². The summed E-state index contributed by atoms with van der Waals surface area (Å²) in [7, 11) is 1.45. The number of hydrogen-bond donors (Lipinski definition) is 2. The van der Waals surface area contributed by atoms with Gasteiger partial charge in [0.25, 0.3) is 0 Å². The molecular formula is C11H14ClFO4. The Labute approximate surface area is 104 Å². The maximum atomic E-state index is 13.6. The van der Waals surface area contributed by atoms with E-state index in [-0.39, 0.29) is 24.0 Å². The third kappa shape index (κ3) is 3.81. The normalized spacial score (nSPS) is 14.4. The number of ether oxygens (including phenoxy) is 2. The van der Waals surface area contributed by atoms with Crippen molar-refractivity contribution in [2.75, 3.05) is 19.8 Å². The molecule has 0 bridgehead atoms. The highest BCUT2D eigenvalue weighted by molar-refractivity contribution is 6.18. The lowest BCUT2D eigenvalue weighted by Crippen LogP contribution is -2.20. The zero-order valence-electron chi connectivity index (χ0n) is 9.27. The molecule has 6 heteroatoms. The van der Waals surface area contributed by atoms with Crippen molar-refractivity contribution in [3.63, 3.8) is 0 Å². The monoisotopic (exact) mass is 264 g/mol. The summed E-state index contributed by atoms with van der Waals surface area (Å²) in [5.74, 6) is -0.571. The van der Waals surface area contributed by atoms with Gasteiger partial charge in [-0.3, -0.25) is 0 Å². The first-order chi connectivity index (χ1) is 8.10. The van der Waals surface area contributed by atoms with Crippen molar-refractivity contribution < 1.29 is 24.1 Å². The van der Waals surface area contributed by atoms with Crippen LogP contribution < -0.4 is 4.74 Å². The fourth-order valence-electron chi connectivity index (χ4n) is 1.26. The summed E-state index contributed by atoms with van der Waals surface area (Å²) in [5.41, 5.74) is -0.0251. The van der Waals surface area contributed by atoms with E-state index in [2.05, 4.69) is 4.74 Å². The van der Waals surface area contributed by atoms with Crippen LogP contribution in [0.1, 0.15) is 11.7 Å². The van der Waals surface area contributed by atoms with Gasteiger partial charge in [0.15, 0.2) is 6.79 Å². The second kappa shape index (κ2) is 6.76. The van der Waals surface area contributed by atoms with Crippen molar-refractivity contribution in [3.05, 3.63) is 29.6 Å². The predicted molar refractivity (Wildman–Crippen MR) is 60.6 cm³/mol. The van der Waals surface area contributed by atoms with E-state index in [4.69, 9.17) is 16.3 Å². The lowest BCUT2D eigenvalue weighted by molar-refractivity contribution is 0.0300. The van der Waals surface area contributed by atoms with Crippen LogP contribution in [0.2, 0.25) is 0 Å². The van der Waals surface area contributed by atoms with Gasteiger partial charge in [-0.2, -0.15) is 0 Å². The van der Waals surface area contributed by atoms with Crippen LogP contribution in [0.4, 0.5) is 4.39 Å². The number of alkyl halides is 1. The highest BCUT2D eigenvalue weighted by Crippen LogP contribution is 2.24. The SMILES string of the molecule is COCOc1ccc(C(O)C(O)CCl)c(F)c1. The Morgan fingerprint density at radius 3 is 2.65 bits per heavy atom. The van der Waals surface area contributed by atoms with Crippen molar-refractivity contribution in [2.45, 2.75) is 12.2 Å². The second-order valence-corrected chi connectivity index (χ2v) is 3.71. The fraction of sp³-hybridized carbons (Fsp3) is 0.455. The highest BCUT2D eigenvalue weighted by Gasteiger charge is 2.21. The molecule has 4 nitrogen and oxygen atoms in total. The number of rotatable bonds is 6. The average Bonchev–Trinajstić information content (AvgIpc) is 2.34.